The molecule has 146 valence electrons. The number of carbonyl (C=O) groups is 2. The molecule has 0 saturated carbocycles. The van der Waals surface area contributed by atoms with Crippen molar-refractivity contribution in [3.63, 3.8) is 0 Å². The number of nitrogens with two attached hydrogens (primary N) is 2. The summed E-state index contributed by atoms with van der Waals surface area (Å²) in [5.41, 5.74) is 10.4. The lowest BCUT2D eigenvalue weighted by Gasteiger charge is -2.22. The van der Waals surface area contributed by atoms with Gasteiger partial charge in [0.25, 0.3) is 0 Å². The summed E-state index contributed by atoms with van der Waals surface area (Å²) in [7, 11) is 2.76. The molecule has 0 aromatic heterocycles. The van der Waals surface area contributed by atoms with Crippen molar-refractivity contribution in [1.82, 2.24) is 0 Å². The zero-order chi connectivity index (χ0) is 17.6. The summed E-state index contributed by atoms with van der Waals surface area (Å²) in [5, 5.41) is 0. The maximum atomic E-state index is 11.7. The molecule has 0 radical (unpaired) electrons. The lowest BCUT2D eigenvalue weighted by Crippen LogP contribution is -2.39. The molecule has 6 nitrogen and oxygen atoms in total. The number of hydrogen-bond donors (Lipinski definition) is 2. The van der Waals surface area contributed by atoms with Crippen LogP contribution < -0.4 is 11.5 Å². The Kier molecular flexibility index (Phi) is 15.0. The van der Waals surface area contributed by atoms with Gasteiger partial charge < -0.3 is 20.9 Å². The Balaban J connectivity index is -0.00000220. The average Bonchev–Trinajstić information content (AvgIpc) is 2.29. The molecule has 0 aliphatic heterocycles. The summed E-state index contributed by atoms with van der Waals surface area (Å²) in [5.74, 6) is -0.0876. The van der Waals surface area contributed by atoms with Crippen molar-refractivity contribution < 1.29 is 19.1 Å². The highest BCUT2D eigenvalue weighted by Gasteiger charge is 2.24. The highest BCUT2D eigenvalue weighted by molar-refractivity contribution is 8.76. The molecular formula is C14H30Cl2N2O4S2. The minimum Gasteiger partial charge on any atom is -0.459 e. The molecule has 0 saturated heterocycles. The van der Waals surface area contributed by atoms with Crippen LogP contribution in [-0.4, -0.2) is 46.7 Å². The fourth-order valence-electron chi connectivity index (χ4n) is 1.13. The summed E-state index contributed by atoms with van der Waals surface area (Å²) < 4.78 is 10.4. The van der Waals surface area contributed by atoms with Crippen molar-refractivity contribution in [3.8, 4) is 0 Å². The quantitative estimate of drug-likeness (QED) is 0.364. The van der Waals surface area contributed by atoms with Gasteiger partial charge in [-0.05, 0) is 41.5 Å². The van der Waals surface area contributed by atoms with E-state index in [4.69, 9.17) is 20.9 Å². The summed E-state index contributed by atoms with van der Waals surface area (Å²) >= 11 is 0. The van der Waals surface area contributed by atoms with Crippen LogP contribution in [0.25, 0.3) is 0 Å². The molecule has 0 rings (SSSR count). The van der Waals surface area contributed by atoms with Crippen LogP contribution in [0.15, 0.2) is 0 Å². The van der Waals surface area contributed by atoms with Crippen LogP contribution in [0.1, 0.15) is 41.5 Å². The van der Waals surface area contributed by atoms with Crippen molar-refractivity contribution in [2.75, 3.05) is 11.5 Å². The van der Waals surface area contributed by atoms with E-state index in [0.717, 1.165) is 0 Å². The third-order valence-corrected chi connectivity index (χ3v) is 4.47. The van der Waals surface area contributed by atoms with Gasteiger partial charge in [-0.2, -0.15) is 0 Å². The van der Waals surface area contributed by atoms with Crippen molar-refractivity contribution in [3.05, 3.63) is 0 Å². The first kappa shape index (κ1) is 28.9. The molecule has 0 aromatic rings. The van der Waals surface area contributed by atoms with E-state index in [1.807, 2.05) is 0 Å². The summed E-state index contributed by atoms with van der Waals surface area (Å²) in [6, 6.07) is -1.40. The third-order valence-electron chi connectivity index (χ3n) is 2.00. The second-order valence-electron chi connectivity index (χ2n) is 6.85. The highest BCUT2D eigenvalue weighted by atomic mass is 35.5. The summed E-state index contributed by atoms with van der Waals surface area (Å²) in [6.07, 6.45) is 0. The molecule has 2 atom stereocenters. The Bertz CT molecular complexity index is 352. The smallest absolute Gasteiger partial charge is 0.324 e. The minimum atomic E-state index is -0.700. The molecule has 0 aromatic carbocycles. The van der Waals surface area contributed by atoms with E-state index in [1.54, 1.807) is 41.5 Å². The van der Waals surface area contributed by atoms with Crippen molar-refractivity contribution in [2.45, 2.75) is 64.8 Å². The van der Waals surface area contributed by atoms with E-state index in [9.17, 15) is 9.59 Å². The van der Waals surface area contributed by atoms with Crippen LogP contribution in [0.4, 0.5) is 0 Å². The molecule has 4 N–H and O–H groups in total. The number of hydrogen-bond acceptors (Lipinski definition) is 8. The first-order valence-electron chi connectivity index (χ1n) is 7.03. The second-order valence-corrected chi connectivity index (χ2v) is 9.40. The average molecular weight is 425 g/mol. The Labute approximate surface area is 165 Å². The Hall–Kier alpha value is 0.140. The SMILES string of the molecule is CC(C)(C)OC(=O)C(N)CSSCC(N)C(=O)OC(C)(C)C.Cl.Cl. The number of esters is 2. The zero-order valence-electron chi connectivity index (χ0n) is 15.0. The van der Waals surface area contributed by atoms with E-state index < -0.39 is 35.2 Å². The van der Waals surface area contributed by atoms with Crippen molar-refractivity contribution in [1.29, 1.82) is 0 Å². The number of ether oxygens (including phenoxy) is 2. The van der Waals surface area contributed by atoms with Crippen LogP contribution in [0.3, 0.4) is 0 Å². The molecule has 0 bridgehead atoms. The van der Waals surface area contributed by atoms with Crippen LogP contribution in [0.2, 0.25) is 0 Å². The normalized spacial score (nSPS) is 13.8. The molecule has 0 aliphatic carbocycles. The second kappa shape index (κ2) is 12.5. The third kappa shape index (κ3) is 15.7. The van der Waals surface area contributed by atoms with Gasteiger partial charge in [-0.15, -0.1) is 24.8 Å². The molecule has 0 spiro atoms. The van der Waals surface area contributed by atoms with Crippen molar-refractivity contribution in [2.24, 2.45) is 11.5 Å². The topological polar surface area (TPSA) is 105 Å². The van der Waals surface area contributed by atoms with E-state index in [-0.39, 0.29) is 24.8 Å². The summed E-state index contributed by atoms with van der Waals surface area (Å²) in [4.78, 5) is 23.4. The van der Waals surface area contributed by atoms with Gasteiger partial charge in [0.15, 0.2) is 0 Å². The maximum absolute atomic E-state index is 11.7. The predicted octanol–water partition coefficient (Wildman–Crippen LogP) is 2.55. The van der Waals surface area contributed by atoms with Crippen LogP contribution in [-0.2, 0) is 19.1 Å². The molecule has 0 aliphatic rings. The first-order chi connectivity index (χ1) is 9.82. The first-order valence-corrected chi connectivity index (χ1v) is 9.52. The van der Waals surface area contributed by atoms with E-state index in [0.29, 0.717) is 11.5 Å². The number of halogens is 2. The largest absolute Gasteiger partial charge is 0.459 e. The Morgan fingerprint density at radius 2 is 1.04 bits per heavy atom. The maximum Gasteiger partial charge on any atom is 0.324 e. The zero-order valence-corrected chi connectivity index (χ0v) is 18.3. The van der Waals surface area contributed by atoms with Crippen LogP contribution >= 0.6 is 46.4 Å². The van der Waals surface area contributed by atoms with Gasteiger partial charge in [0.1, 0.15) is 23.3 Å². The van der Waals surface area contributed by atoms with Gasteiger partial charge in [-0.1, -0.05) is 21.6 Å². The molecule has 0 heterocycles. The molecule has 0 fully saturated rings. The van der Waals surface area contributed by atoms with Gasteiger partial charge in [-0.3, -0.25) is 9.59 Å². The molecule has 10 heteroatoms. The molecule has 2 unspecified atom stereocenters. The van der Waals surface area contributed by atoms with Crippen molar-refractivity contribution >= 4 is 58.3 Å². The number of carbonyl (C=O) groups excluding carboxylic acids is 2. The van der Waals surface area contributed by atoms with Gasteiger partial charge in [0, 0.05) is 11.5 Å². The van der Waals surface area contributed by atoms with Gasteiger partial charge >= 0.3 is 11.9 Å². The molecule has 24 heavy (non-hydrogen) atoms. The number of rotatable bonds is 7. The Morgan fingerprint density at radius 3 is 1.25 bits per heavy atom. The summed E-state index contributed by atoms with van der Waals surface area (Å²) in [6.45, 7) is 10.7. The minimum absolute atomic E-state index is 0. The van der Waals surface area contributed by atoms with E-state index >= 15 is 0 Å². The molecule has 0 amide bonds. The monoisotopic (exact) mass is 424 g/mol. The standard InChI is InChI=1S/C14H28N2O4S2.2ClH/c1-13(2,3)19-11(17)9(15)7-21-22-8-10(16)12(18)20-14(4,5)6;;/h9-10H,7-8,15-16H2,1-6H3;2*1H. The van der Waals surface area contributed by atoms with E-state index in [1.165, 1.54) is 21.6 Å². The highest BCUT2D eigenvalue weighted by Crippen LogP contribution is 2.23. The molecular weight excluding hydrogens is 395 g/mol. The lowest BCUT2D eigenvalue weighted by atomic mass is 10.2. The van der Waals surface area contributed by atoms with Gasteiger partial charge in [-0.25, -0.2) is 0 Å². The van der Waals surface area contributed by atoms with Crippen LogP contribution in [0.5, 0.6) is 0 Å². The van der Waals surface area contributed by atoms with Gasteiger partial charge in [0.05, 0.1) is 0 Å². The fraction of sp³-hybridized carbons (Fsp3) is 0.857. The predicted molar refractivity (Wildman–Crippen MR) is 107 cm³/mol. The van der Waals surface area contributed by atoms with Crippen LogP contribution in [0, 0.1) is 0 Å². The van der Waals surface area contributed by atoms with E-state index in [2.05, 4.69) is 0 Å². The fourth-order valence-corrected chi connectivity index (χ4v) is 3.35. The lowest BCUT2D eigenvalue weighted by molar-refractivity contribution is -0.156. The van der Waals surface area contributed by atoms with Gasteiger partial charge in [0.2, 0.25) is 0 Å². The Morgan fingerprint density at radius 1 is 0.792 bits per heavy atom.